The molecule has 5 nitrogen and oxygen atoms in total. The molecule has 0 spiro atoms. The first-order chi connectivity index (χ1) is 10.1. The largest absolute Gasteiger partial charge is 0.355 e. The highest BCUT2D eigenvalue weighted by molar-refractivity contribution is 5.75. The molecule has 1 aromatic carbocycles. The van der Waals surface area contributed by atoms with E-state index in [1.165, 1.54) is 23.0 Å². The Morgan fingerprint density at radius 1 is 1.38 bits per heavy atom. The summed E-state index contributed by atoms with van der Waals surface area (Å²) in [7, 11) is 0. The van der Waals surface area contributed by atoms with Crippen LogP contribution in [0.3, 0.4) is 0 Å². The molecule has 0 radical (unpaired) electrons. The fourth-order valence-electron chi connectivity index (χ4n) is 1.84. The van der Waals surface area contributed by atoms with Gasteiger partial charge in [-0.2, -0.15) is 0 Å². The minimum atomic E-state index is -0.442. The highest BCUT2D eigenvalue weighted by atomic mass is 19.1. The van der Waals surface area contributed by atoms with E-state index in [2.05, 4.69) is 10.3 Å². The van der Waals surface area contributed by atoms with Gasteiger partial charge in [0.25, 0.3) is 5.56 Å². The summed E-state index contributed by atoms with van der Waals surface area (Å²) in [5, 5.41) is 2.68. The van der Waals surface area contributed by atoms with E-state index in [1.54, 1.807) is 18.2 Å². The number of halogens is 1. The molecule has 0 unspecified atom stereocenters. The predicted molar refractivity (Wildman–Crippen MR) is 77.2 cm³/mol. The third-order valence-electron chi connectivity index (χ3n) is 2.92. The van der Waals surface area contributed by atoms with E-state index in [4.69, 9.17) is 0 Å². The first-order valence-corrected chi connectivity index (χ1v) is 6.70. The van der Waals surface area contributed by atoms with Crippen LogP contribution in [0.1, 0.15) is 13.3 Å². The van der Waals surface area contributed by atoms with Crippen molar-refractivity contribution in [3.8, 4) is 11.3 Å². The minimum absolute atomic E-state index is 0.0939. The smallest absolute Gasteiger partial charge is 0.254 e. The lowest BCUT2D eigenvalue weighted by molar-refractivity contribution is -0.121. The summed E-state index contributed by atoms with van der Waals surface area (Å²) in [5.41, 5.74) is 0.121. The maximum Gasteiger partial charge on any atom is 0.254 e. The summed E-state index contributed by atoms with van der Waals surface area (Å²) >= 11 is 0. The van der Waals surface area contributed by atoms with Crippen molar-refractivity contribution in [2.24, 2.45) is 0 Å². The molecular weight excluding hydrogens is 273 g/mol. The van der Waals surface area contributed by atoms with E-state index in [-0.39, 0.29) is 23.7 Å². The Morgan fingerprint density at radius 3 is 2.81 bits per heavy atom. The molecule has 1 amide bonds. The second-order valence-corrected chi connectivity index (χ2v) is 4.57. The van der Waals surface area contributed by atoms with Crippen LogP contribution < -0.4 is 10.9 Å². The van der Waals surface area contributed by atoms with Gasteiger partial charge in [0.2, 0.25) is 5.91 Å². The maximum absolute atomic E-state index is 13.6. The van der Waals surface area contributed by atoms with Crippen molar-refractivity contribution in [1.29, 1.82) is 0 Å². The summed E-state index contributed by atoms with van der Waals surface area (Å²) in [6, 6.07) is 7.32. The normalized spacial score (nSPS) is 10.4. The van der Waals surface area contributed by atoms with Crippen LogP contribution in [0.25, 0.3) is 11.3 Å². The number of carbonyl (C=O) groups is 1. The molecule has 0 aliphatic carbocycles. The zero-order valence-electron chi connectivity index (χ0n) is 11.7. The van der Waals surface area contributed by atoms with E-state index in [1.807, 2.05) is 6.92 Å². The van der Waals surface area contributed by atoms with E-state index in [0.29, 0.717) is 6.54 Å². The number of amides is 1. The van der Waals surface area contributed by atoms with Gasteiger partial charge in [0.15, 0.2) is 0 Å². The number of hydrogen-bond acceptors (Lipinski definition) is 3. The van der Waals surface area contributed by atoms with Gasteiger partial charge in [0, 0.05) is 18.2 Å². The van der Waals surface area contributed by atoms with Crippen molar-refractivity contribution in [2.75, 3.05) is 6.54 Å². The Kier molecular flexibility index (Phi) is 4.81. The van der Waals surface area contributed by atoms with Crippen molar-refractivity contribution in [2.45, 2.75) is 19.9 Å². The van der Waals surface area contributed by atoms with Gasteiger partial charge in [-0.05, 0) is 18.6 Å². The van der Waals surface area contributed by atoms with E-state index >= 15 is 0 Å². The molecule has 110 valence electrons. The van der Waals surface area contributed by atoms with Crippen LogP contribution in [0.2, 0.25) is 0 Å². The Hall–Kier alpha value is -2.50. The molecule has 1 N–H and O–H groups in total. The van der Waals surface area contributed by atoms with Crippen molar-refractivity contribution in [1.82, 2.24) is 14.9 Å². The quantitative estimate of drug-likeness (QED) is 0.909. The Labute approximate surface area is 121 Å². The van der Waals surface area contributed by atoms with Gasteiger partial charge < -0.3 is 5.32 Å². The molecular formula is C15H16FN3O2. The highest BCUT2D eigenvalue weighted by Crippen LogP contribution is 2.18. The molecule has 0 aliphatic heterocycles. The summed E-state index contributed by atoms with van der Waals surface area (Å²) in [5.74, 6) is -0.692. The van der Waals surface area contributed by atoms with Crippen LogP contribution in [0.4, 0.5) is 4.39 Å². The molecule has 0 fully saturated rings. The molecule has 1 aromatic heterocycles. The summed E-state index contributed by atoms with van der Waals surface area (Å²) in [6.07, 6.45) is 2.08. The second kappa shape index (κ2) is 6.78. The van der Waals surface area contributed by atoms with Gasteiger partial charge in [0.05, 0.1) is 12.0 Å². The van der Waals surface area contributed by atoms with Crippen LogP contribution in [-0.4, -0.2) is 22.0 Å². The molecule has 2 rings (SSSR count). The van der Waals surface area contributed by atoms with Crippen LogP contribution >= 0.6 is 0 Å². The standard InChI is InChI=1S/C15H16FN3O2/c1-2-7-17-14(20)9-19-10-18-13(8-15(19)21)11-5-3-4-6-12(11)16/h3-6,8,10H,2,7,9H2,1H3,(H,17,20). The molecule has 0 saturated heterocycles. The Bertz CT molecular complexity index is 697. The molecule has 0 bridgehead atoms. The van der Waals surface area contributed by atoms with Crippen LogP contribution in [0, 0.1) is 5.82 Å². The second-order valence-electron chi connectivity index (χ2n) is 4.57. The molecule has 21 heavy (non-hydrogen) atoms. The first-order valence-electron chi connectivity index (χ1n) is 6.70. The highest BCUT2D eigenvalue weighted by Gasteiger charge is 2.09. The first kappa shape index (κ1) is 14.9. The van der Waals surface area contributed by atoms with Crippen LogP contribution in [0.15, 0.2) is 41.5 Å². The lowest BCUT2D eigenvalue weighted by Gasteiger charge is -2.07. The van der Waals surface area contributed by atoms with Gasteiger partial charge in [-0.15, -0.1) is 0 Å². The third kappa shape index (κ3) is 3.75. The van der Waals surface area contributed by atoms with E-state index in [9.17, 15) is 14.0 Å². The van der Waals surface area contributed by atoms with Crippen molar-refractivity contribution in [3.05, 3.63) is 52.8 Å². The monoisotopic (exact) mass is 289 g/mol. The van der Waals surface area contributed by atoms with Gasteiger partial charge in [0.1, 0.15) is 12.4 Å². The topological polar surface area (TPSA) is 64.0 Å². The molecule has 0 atom stereocenters. The van der Waals surface area contributed by atoms with Crippen LogP contribution in [0.5, 0.6) is 0 Å². The zero-order valence-corrected chi connectivity index (χ0v) is 11.7. The van der Waals surface area contributed by atoms with E-state index in [0.717, 1.165) is 6.42 Å². The number of rotatable bonds is 5. The average Bonchev–Trinajstić information content (AvgIpc) is 2.48. The van der Waals surface area contributed by atoms with Gasteiger partial charge in [-0.25, -0.2) is 9.37 Å². The van der Waals surface area contributed by atoms with Gasteiger partial charge >= 0.3 is 0 Å². The molecule has 2 aromatic rings. The van der Waals surface area contributed by atoms with E-state index < -0.39 is 11.4 Å². The fraction of sp³-hybridized carbons (Fsp3) is 0.267. The Morgan fingerprint density at radius 2 is 2.14 bits per heavy atom. The number of aromatic nitrogens is 2. The minimum Gasteiger partial charge on any atom is -0.355 e. The zero-order chi connectivity index (χ0) is 15.2. The van der Waals surface area contributed by atoms with Crippen molar-refractivity contribution >= 4 is 5.91 Å². The predicted octanol–water partition coefficient (Wildman–Crippen LogP) is 1.58. The van der Waals surface area contributed by atoms with Gasteiger partial charge in [-0.3, -0.25) is 14.2 Å². The van der Waals surface area contributed by atoms with Crippen molar-refractivity contribution in [3.63, 3.8) is 0 Å². The molecule has 0 saturated carbocycles. The Balaban J connectivity index is 2.20. The lowest BCUT2D eigenvalue weighted by Crippen LogP contribution is -2.32. The van der Waals surface area contributed by atoms with Gasteiger partial charge in [-0.1, -0.05) is 19.1 Å². The lowest BCUT2D eigenvalue weighted by atomic mass is 10.1. The summed E-state index contributed by atoms with van der Waals surface area (Å²) < 4.78 is 14.8. The summed E-state index contributed by atoms with van der Waals surface area (Å²) in [4.78, 5) is 27.6. The number of hydrogen-bond donors (Lipinski definition) is 1. The molecule has 0 aliphatic rings. The molecule has 6 heteroatoms. The summed E-state index contributed by atoms with van der Waals surface area (Å²) in [6.45, 7) is 2.41. The fourth-order valence-corrected chi connectivity index (χ4v) is 1.84. The van der Waals surface area contributed by atoms with Crippen molar-refractivity contribution < 1.29 is 9.18 Å². The SMILES string of the molecule is CCCNC(=O)Cn1cnc(-c2ccccc2F)cc1=O. The number of nitrogens with zero attached hydrogens (tertiary/aromatic N) is 2. The number of carbonyl (C=O) groups excluding carboxylic acids is 1. The number of nitrogens with one attached hydrogen (secondary N) is 1. The average molecular weight is 289 g/mol. The maximum atomic E-state index is 13.6. The third-order valence-corrected chi connectivity index (χ3v) is 2.92. The van der Waals surface area contributed by atoms with Crippen LogP contribution in [-0.2, 0) is 11.3 Å². The number of benzene rings is 1. The molecule has 1 heterocycles.